The quantitative estimate of drug-likeness (QED) is 0.684. The standard InChI is InChI=1S/C12H7FN4O2/c13-10-6(2-1-3-14-10)7-4-9(12(18)19)16-11-8(7)5-15-17-11/h1-5H,(H,18,19)(H,15,16,17). The van der Waals surface area contributed by atoms with Gasteiger partial charge in [0, 0.05) is 22.7 Å². The first-order chi connectivity index (χ1) is 9.16. The molecule has 0 bridgehead atoms. The highest BCUT2D eigenvalue weighted by Gasteiger charge is 2.16. The lowest BCUT2D eigenvalue weighted by molar-refractivity contribution is 0.0691. The maximum atomic E-state index is 13.7. The largest absolute Gasteiger partial charge is 0.477 e. The number of aromatic amines is 1. The number of carboxylic acids is 1. The number of fused-ring (bicyclic) bond motifs is 1. The number of hydrogen-bond donors (Lipinski definition) is 2. The Morgan fingerprint density at radius 1 is 1.37 bits per heavy atom. The average Bonchev–Trinajstić information content (AvgIpc) is 2.86. The molecule has 0 aliphatic heterocycles. The molecule has 19 heavy (non-hydrogen) atoms. The van der Waals surface area contributed by atoms with Gasteiger partial charge in [0.1, 0.15) is 0 Å². The molecule has 3 rings (SSSR count). The summed E-state index contributed by atoms with van der Waals surface area (Å²) in [4.78, 5) is 18.5. The predicted molar refractivity (Wildman–Crippen MR) is 64.0 cm³/mol. The number of H-pyrrole nitrogens is 1. The number of halogens is 1. The van der Waals surface area contributed by atoms with Crippen molar-refractivity contribution in [2.45, 2.75) is 0 Å². The summed E-state index contributed by atoms with van der Waals surface area (Å²) in [7, 11) is 0. The number of nitrogens with zero attached hydrogens (tertiary/aromatic N) is 3. The van der Waals surface area contributed by atoms with Gasteiger partial charge in [-0.2, -0.15) is 9.49 Å². The lowest BCUT2D eigenvalue weighted by Crippen LogP contribution is -2.01. The highest BCUT2D eigenvalue weighted by molar-refractivity contribution is 5.97. The van der Waals surface area contributed by atoms with Gasteiger partial charge in [-0.25, -0.2) is 14.8 Å². The molecule has 6 nitrogen and oxygen atoms in total. The Bertz CT molecular complexity index is 784. The normalized spacial score (nSPS) is 10.8. The monoisotopic (exact) mass is 258 g/mol. The molecule has 0 radical (unpaired) electrons. The second kappa shape index (κ2) is 4.13. The van der Waals surface area contributed by atoms with Crippen LogP contribution in [-0.4, -0.2) is 31.2 Å². The Morgan fingerprint density at radius 2 is 2.21 bits per heavy atom. The van der Waals surface area contributed by atoms with Crippen LogP contribution in [0.1, 0.15) is 10.5 Å². The third-order valence-electron chi connectivity index (χ3n) is 2.69. The van der Waals surface area contributed by atoms with Crippen LogP contribution in [0.5, 0.6) is 0 Å². The van der Waals surface area contributed by atoms with E-state index in [-0.39, 0.29) is 16.9 Å². The van der Waals surface area contributed by atoms with Crippen molar-refractivity contribution in [3.8, 4) is 11.1 Å². The van der Waals surface area contributed by atoms with E-state index in [2.05, 4.69) is 20.2 Å². The summed E-state index contributed by atoms with van der Waals surface area (Å²) in [6, 6.07) is 4.40. The molecular weight excluding hydrogens is 251 g/mol. The van der Waals surface area contributed by atoms with Gasteiger partial charge < -0.3 is 5.11 Å². The summed E-state index contributed by atoms with van der Waals surface area (Å²) in [6.07, 6.45) is 2.79. The van der Waals surface area contributed by atoms with Crippen LogP contribution < -0.4 is 0 Å². The molecule has 0 aromatic carbocycles. The number of pyridine rings is 2. The topological polar surface area (TPSA) is 91.8 Å². The molecule has 0 amide bonds. The van der Waals surface area contributed by atoms with Crippen LogP contribution in [0.4, 0.5) is 4.39 Å². The van der Waals surface area contributed by atoms with Crippen molar-refractivity contribution in [3.05, 3.63) is 42.2 Å². The predicted octanol–water partition coefficient (Wildman–Crippen LogP) is 1.86. The summed E-state index contributed by atoms with van der Waals surface area (Å²) in [5.74, 6) is -1.87. The van der Waals surface area contributed by atoms with Gasteiger partial charge in [0.05, 0.1) is 6.20 Å². The fraction of sp³-hybridized carbons (Fsp3) is 0. The molecule has 0 atom stereocenters. The second-order valence-electron chi connectivity index (χ2n) is 3.83. The maximum Gasteiger partial charge on any atom is 0.354 e. The molecule has 0 spiro atoms. The van der Waals surface area contributed by atoms with Crippen molar-refractivity contribution in [1.29, 1.82) is 0 Å². The van der Waals surface area contributed by atoms with Crippen molar-refractivity contribution in [2.24, 2.45) is 0 Å². The van der Waals surface area contributed by atoms with Gasteiger partial charge in [-0.05, 0) is 18.2 Å². The number of rotatable bonds is 2. The molecule has 0 aliphatic rings. The van der Waals surface area contributed by atoms with Crippen molar-refractivity contribution in [3.63, 3.8) is 0 Å². The Balaban J connectivity index is 2.36. The smallest absolute Gasteiger partial charge is 0.354 e. The molecule has 2 N–H and O–H groups in total. The summed E-state index contributed by atoms with van der Waals surface area (Å²) in [5, 5.41) is 15.9. The molecule has 0 saturated carbocycles. The lowest BCUT2D eigenvalue weighted by atomic mass is 10.0. The number of aromatic carboxylic acids is 1. The molecular formula is C12H7FN4O2. The van der Waals surface area contributed by atoms with E-state index >= 15 is 0 Å². The summed E-state index contributed by atoms with van der Waals surface area (Å²) in [6.45, 7) is 0. The maximum absolute atomic E-state index is 13.7. The zero-order chi connectivity index (χ0) is 13.4. The van der Waals surface area contributed by atoms with E-state index in [1.807, 2.05) is 0 Å². The van der Waals surface area contributed by atoms with Crippen molar-refractivity contribution in [1.82, 2.24) is 20.2 Å². The third kappa shape index (κ3) is 1.81. The SMILES string of the molecule is O=C(O)c1cc(-c2cccnc2F)c2cn[nH]c2n1. The van der Waals surface area contributed by atoms with E-state index in [0.717, 1.165) is 0 Å². The van der Waals surface area contributed by atoms with Crippen molar-refractivity contribution < 1.29 is 14.3 Å². The van der Waals surface area contributed by atoms with E-state index in [4.69, 9.17) is 5.11 Å². The highest BCUT2D eigenvalue weighted by atomic mass is 19.1. The molecule has 0 unspecified atom stereocenters. The highest BCUT2D eigenvalue weighted by Crippen LogP contribution is 2.28. The first-order valence-corrected chi connectivity index (χ1v) is 5.35. The first-order valence-electron chi connectivity index (χ1n) is 5.35. The first kappa shape index (κ1) is 11.3. The van der Waals surface area contributed by atoms with Crippen LogP contribution in [-0.2, 0) is 0 Å². The Hall–Kier alpha value is -2.83. The molecule has 0 aliphatic carbocycles. The van der Waals surface area contributed by atoms with Gasteiger partial charge in [-0.1, -0.05) is 0 Å². The molecule has 0 fully saturated rings. The van der Waals surface area contributed by atoms with Crippen molar-refractivity contribution >= 4 is 17.0 Å². The Kier molecular flexibility index (Phi) is 2.45. The van der Waals surface area contributed by atoms with Gasteiger partial charge in [-0.3, -0.25) is 5.10 Å². The molecule has 3 heterocycles. The van der Waals surface area contributed by atoms with Crippen LogP contribution in [0.3, 0.4) is 0 Å². The zero-order valence-electron chi connectivity index (χ0n) is 9.46. The summed E-state index contributed by atoms with van der Waals surface area (Å²) in [5.41, 5.74) is 0.703. The van der Waals surface area contributed by atoms with Gasteiger partial charge in [0.2, 0.25) is 5.95 Å². The second-order valence-corrected chi connectivity index (χ2v) is 3.83. The van der Waals surface area contributed by atoms with E-state index in [1.165, 1.54) is 24.5 Å². The minimum absolute atomic E-state index is 0.185. The molecule has 3 aromatic rings. The minimum Gasteiger partial charge on any atom is -0.477 e. The van der Waals surface area contributed by atoms with Crippen LogP contribution in [0.15, 0.2) is 30.6 Å². The van der Waals surface area contributed by atoms with Gasteiger partial charge >= 0.3 is 5.97 Å². The van der Waals surface area contributed by atoms with E-state index in [0.29, 0.717) is 10.9 Å². The number of aromatic nitrogens is 4. The minimum atomic E-state index is -1.19. The average molecular weight is 258 g/mol. The van der Waals surface area contributed by atoms with Crippen LogP contribution >= 0.6 is 0 Å². The van der Waals surface area contributed by atoms with Crippen LogP contribution in [0.2, 0.25) is 0 Å². The van der Waals surface area contributed by atoms with Gasteiger partial charge in [0.25, 0.3) is 0 Å². The zero-order valence-corrected chi connectivity index (χ0v) is 9.46. The summed E-state index contributed by atoms with van der Waals surface area (Å²) >= 11 is 0. The number of hydrogen-bond acceptors (Lipinski definition) is 4. The summed E-state index contributed by atoms with van der Waals surface area (Å²) < 4.78 is 13.7. The van der Waals surface area contributed by atoms with E-state index in [9.17, 15) is 9.18 Å². The Morgan fingerprint density at radius 3 is 2.95 bits per heavy atom. The fourth-order valence-corrected chi connectivity index (χ4v) is 1.85. The van der Waals surface area contributed by atoms with E-state index < -0.39 is 11.9 Å². The van der Waals surface area contributed by atoms with Gasteiger partial charge in [-0.15, -0.1) is 0 Å². The molecule has 7 heteroatoms. The third-order valence-corrected chi connectivity index (χ3v) is 2.69. The number of carbonyl (C=O) groups is 1. The van der Waals surface area contributed by atoms with Gasteiger partial charge in [0.15, 0.2) is 11.3 Å². The molecule has 0 saturated heterocycles. The number of nitrogens with one attached hydrogen (secondary N) is 1. The Labute approximate surface area is 105 Å². The van der Waals surface area contributed by atoms with Crippen molar-refractivity contribution in [2.75, 3.05) is 0 Å². The molecule has 94 valence electrons. The fourth-order valence-electron chi connectivity index (χ4n) is 1.85. The number of carboxylic acid groups (broad SMARTS) is 1. The van der Waals surface area contributed by atoms with Crippen LogP contribution in [0, 0.1) is 5.95 Å². The van der Waals surface area contributed by atoms with E-state index in [1.54, 1.807) is 6.07 Å². The molecule has 3 aromatic heterocycles. The lowest BCUT2D eigenvalue weighted by Gasteiger charge is -2.05. The van der Waals surface area contributed by atoms with Crippen LogP contribution in [0.25, 0.3) is 22.2 Å².